The lowest BCUT2D eigenvalue weighted by Crippen LogP contribution is -2.09. The van der Waals surface area contributed by atoms with Gasteiger partial charge in [-0.05, 0) is 30.2 Å². The van der Waals surface area contributed by atoms with Crippen molar-refractivity contribution in [3.63, 3.8) is 0 Å². The number of anilines is 2. The van der Waals surface area contributed by atoms with Crippen LogP contribution in [0.1, 0.15) is 35.0 Å². The van der Waals surface area contributed by atoms with E-state index in [0.717, 1.165) is 6.42 Å². The molecule has 0 saturated heterocycles. The van der Waals surface area contributed by atoms with Crippen molar-refractivity contribution in [1.82, 2.24) is 15.0 Å². The van der Waals surface area contributed by atoms with E-state index in [0.29, 0.717) is 35.1 Å². The zero-order valence-electron chi connectivity index (χ0n) is 16.1. The molecule has 0 aliphatic heterocycles. The van der Waals surface area contributed by atoms with E-state index in [4.69, 9.17) is 10.5 Å². The molecule has 0 aliphatic rings. The molecule has 2 heterocycles. The first kappa shape index (κ1) is 20.2. The van der Waals surface area contributed by atoms with E-state index in [2.05, 4.69) is 20.3 Å². The van der Waals surface area contributed by atoms with E-state index in [1.54, 1.807) is 30.5 Å². The number of hydrogen-bond donors (Lipinski definition) is 2. The number of carbonyl (C=O) groups is 1. The van der Waals surface area contributed by atoms with Gasteiger partial charge in [0.1, 0.15) is 17.3 Å². The highest BCUT2D eigenvalue weighted by Gasteiger charge is 2.12. The van der Waals surface area contributed by atoms with Crippen molar-refractivity contribution in [2.24, 2.45) is 0 Å². The zero-order chi connectivity index (χ0) is 20.6. The summed E-state index contributed by atoms with van der Waals surface area (Å²) in [5, 5.41) is 3.06. The van der Waals surface area contributed by atoms with E-state index in [1.165, 1.54) is 18.5 Å². The van der Waals surface area contributed by atoms with E-state index in [1.807, 2.05) is 6.92 Å². The van der Waals surface area contributed by atoms with Crippen LogP contribution in [0.5, 0.6) is 5.88 Å². The largest absolute Gasteiger partial charge is 0.477 e. The van der Waals surface area contributed by atoms with Gasteiger partial charge in [-0.3, -0.25) is 4.79 Å². The fraction of sp³-hybridized carbons (Fsp3) is 0.238. The average Bonchev–Trinajstić information content (AvgIpc) is 2.74. The van der Waals surface area contributed by atoms with E-state index in [-0.39, 0.29) is 30.3 Å². The summed E-state index contributed by atoms with van der Waals surface area (Å²) >= 11 is 0. The summed E-state index contributed by atoms with van der Waals surface area (Å²) in [5.41, 5.74) is 7.75. The van der Waals surface area contributed by atoms with Crippen molar-refractivity contribution < 1.29 is 13.9 Å². The zero-order valence-corrected chi connectivity index (χ0v) is 16.1. The number of Topliss-reactive ketones (excluding diaryl/α,β-unsaturated/α-hetero) is 1. The maximum atomic E-state index is 14.2. The lowest BCUT2D eigenvalue weighted by Gasteiger charge is -2.10. The smallest absolute Gasteiger partial charge is 0.232 e. The second-order valence-electron chi connectivity index (χ2n) is 6.40. The standard InChI is InChI=1S/C21H22FN5O2/c1-2-8-29-20-13-26-18(12-27-20)19(28)10-14-5-6-16(22)15(9-14)11-25-17-4-3-7-24-21(17)23/h3-7,9,12-13,25H,2,8,10-11H2,1H3,(H2,23,24). The fourth-order valence-electron chi connectivity index (χ4n) is 2.65. The number of ether oxygens (including phenoxy) is 1. The molecule has 7 nitrogen and oxygen atoms in total. The number of halogens is 1. The number of nitrogen functional groups attached to an aromatic ring is 1. The van der Waals surface area contributed by atoms with Crippen LogP contribution >= 0.6 is 0 Å². The Labute approximate surface area is 168 Å². The normalized spacial score (nSPS) is 10.6. The van der Waals surface area contributed by atoms with Crippen LogP contribution in [0.4, 0.5) is 15.9 Å². The molecule has 29 heavy (non-hydrogen) atoms. The molecule has 3 rings (SSSR count). The molecule has 0 bridgehead atoms. The highest BCUT2D eigenvalue weighted by molar-refractivity contribution is 5.95. The Morgan fingerprint density at radius 2 is 2.07 bits per heavy atom. The Hall–Kier alpha value is -3.55. The van der Waals surface area contributed by atoms with Crippen molar-refractivity contribution in [2.75, 3.05) is 17.7 Å². The molecule has 0 radical (unpaired) electrons. The van der Waals surface area contributed by atoms with Gasteiger partial charge in [-0.15, -0.1) is 0 Å². The van der Waals surface area contributed by atoms with Gasteiger partial charge in [0.15, 0.2) is 5.78 Å². The fourth-order valence-corrected chi connectivity index (χ4v) is 2.65. The number of nitrogens with zero attached hydrogens (tertiary/aromatic N) is 3. The van der Waals surface area contributed by atoms with Gasteiger partial charge < -0.3 is 15.8 Å². The van der Waals surface area contributed by atoms with Crippen LogP contribution in [0.2, 0.25) is 0 Å². The molecule has 0 fully saturated rings. The van der Waals surface area contributed by atoms with Gasteiger partial charge in [-0.25, -0.2) is 19.3 Å². The summed E-state index contributed by atoms with van der Waals surface area (Å²) in [4.78, 5) is 24.7. The predicted molar refractivity (Wildman–Crippen MR) is 108 cm³/mol. The van der Waals surface area contributed by atoms with Gasteiger partial charge in [-0.1, -0.05) is 19.1 Å². The molecule has 0 amide bonds. The topological polar surface area (TPSA) is 103 Å². The highest BCUT2D eigenvalue weighted by atomic mass is 19.1. The van der Waals surface area contributed by atoms with Crippen LogP contribution in [0.3, 0.4) is 0 Å². The minimum absolute atomic E-state index is 0.0894. The third kappa shape index (κ3) is 5.47. The van der Waals surface area contributed by atoms with Crippen molar-refractivity contribution in [3.8, 4) is 5.88 Å². The molecule has 0 aliphatic carbocycles. The second kappa shape index (κ2) is 9.59. The van der Waals surface area contributed by atoms with Gasteiger partial charge in [0.05, 0.1) is 24.7 Å². The van der Waals surface area contributed by atoms with Gasteiger partial charge in [0.25, 0.3) is 0 Å². The van der Waals surface area contributed by atoms with Crippen molar-refractivity contribution in [3.05, 3.63) is 71.6 Å². The van der Waals surface area contributed by atoms with E-state index >= 15 is 0 Å². The molecule has 0 atom stereocenters. The van der Waals surface area contributed by atoms with Crippen molar-refractivity contribution >= 4 is 17.3 Å². The molecule has 3 aromatic rings. The lowest BCUT2D eigenvalue weighted by atomic mass is 10.0. The van der Waals surface area contributed by atoms with E-state index < -0.39 is 0 Å². The first-order chi connectivity index (χ1) is 14.1. The Morgan fingerprint density at radius 1 is 1.21 bits per heavy atom. The first-order valence-corrected chi connectivity index (χ1v) is 9.26. The molecule has 1 aromatic carbocycles. The molecule has 3 N–H and O–H groups in total. The Bertz CT molecular complexity index is 979. The Balaban J connectivity index is 1.66. The molecular weight excluding hydrogens is 373 g/mol. The van der Waals surface area contributed by atoms with Gasteiger partial charge in [0.2, 0.25) is 5.88 Å². The number of nitrogens with two attached hydrogens (primary N) is 1. The van der Waals surface area contributed by atoms with Gasteiger partial charge in [0, 0.05) is 24.7 Å². The molecular formula is C21H22FN5O2. The van der Waals surface area contributed by atoms with Crippen LogP contribution in [0, 0.1) is 5.82 Å². The van der Waals surface area contributed by atoms with Crippen LogP contribution in [-0.2, 0) is 13.0 Å². The number of ketones is 1. The molecule has 0 unspecified atom stereocenters. The number of carbonyl (C=O) groups excluding carboxylic acids is 1. The number of hydrogen-bond acceptors (Lipinski definition) is 7. The molecule has 2 aromatic heterocycles. The number of aromatic nitrogens is 3. The summed E-state index contributed by atoms with van der Waals surface area (Å²) in [6.45, 7) is 2.75. The lowest BCUT2D eigenvalue weighted by molar-refractivity contribution is 0.0987. The maximum Gasteiger partial charge on any atom is 0.232 e. The quantitative estimate of drug-likeness (QED) is 0.535. The Kier molecular flexibility index (Phi) is 6.67. The predicted octanol–water partition coefficient (Wildman–Crippen LogP) is 3.42. The summed E-state index contributed by atoms with van der Waals surface area (Å²) in [7, 11) is 0. The first-order valence-electron chi connectivity index (χ1n) is 9.26. The van der Waals surface area contributed by atoms with Crippen LogP contribution in [0.25, 0.3) is 0 Å². The summed E-state index contributed by atoms with van der Waals surface area (Å²) < 4.78 is 19.5. The van der Waals surface area contributed by atoms with E-state index in [9.17, 15) is 9.18 Å². The second-order valence-corrected chi connectivity index (χ2v) is 6.40. The number of nitrogens with one attached hydrogen (secondary N) is 1. The number of benzene rings is 1. The van der Waals surface area contributed by atoms with Crippen LogP contribution in [0.15, 0.2) is 48.9 Å². The minimum atomic E-state index is -0.367. The minimum Gasteiger partial charge on any atom is -0.477 e. The highest BCUT2D eigenvalue weighted by Crippen LogP contribution is 2.18. The number of pyridine rings is 1. The third-order valence-electron chi connectivity index (χ3n) is 4.15. The summed E-state index contributed by atoms with van der Waals surface area (Å²) in [5.74, 6) is 0.146. The van der Waals surface area contributed by atoms with Crippen LogP contribution < -0.4 is 15.8 Å². The SMILES string of the molecule is CCCOc1cnc(C(=O)Cc2ccc(F)c(CNc3cccnc3N)c2)cn1. The summed E-state index contributed by atoms with van der Waals surface area (Å²) in [6, 6.07) is 8.09. The molecule has 8 heteroatoms. The van der Waals surface area contributed by atoms with Crippen molar-refractivity contribution in [2.45, 2.75) is 26.3 Å². The molecule has 0 spiro atoms. The average molecular weight is 395 g/mol. The molecule has 150 valence electrons. The van der Waals surface area contributed by atoms with Gasteiger partial charge in [-0.2, -0.15) is 0 Å². The Morgan fingerprint density at radius 3 is 2.79 bits per heavy atom. The number of rotatable bonds is 9. The molecule has 0 saturated carbocycles. The summed E-state index contributed by atoms with van der Waals surface area (Å²) in [6.07, 6.45) is 5.36. The van der Waals surface area contributed by atoms with Gasteiger partial charge >= 0.3 is 0 Å². The monoisotopic (exact) mass is 395 g/mol. The van der Waals surface area contributed by atoms with Crippen molar-refractivity contribution in [1.29, 1.82) is 0 Å². The third-order valence-corrected chi connectivity index (χ3v) is 4.15. The maximum absolute atomic E-state index is 14.2. The van der Waals surface area contributed by atoms with Crippen LogP contribution in [-0.4, -0.2) is 27.3 Å².